The molecule has 0 fully saturated rings. The summed E-state index contributed by atoms with van der Waals surface area (Å²) in [4.78, 5) is 11.3. The van der Waals surface area contributed by atoms with Crippen molar-refractivity contribution in [3.05, 3.63) is 35.4 Å². The molecule has 0 bridgehead atoms. The van der Waals surface area contributed by atoms with Gasteiger partial charge >= 0.3 is 0 Å². The Morgan fingerprint density at radius 3 is 2.69 bits per heavy atom. The Kier molecular flexibility index (Phi) is 3.92. The van der Waals surface area contributed by atoms with Gasteiger partial charge in [-0.1, -0.05) is 0 Å². The van der Waals surface area contributed by atoms with Crippen LogP contribution in [0, 0.1) is 11.6 Å². The zero-order valence-electron chi connectivity index (χ0n) is 8.78. The molecule has 0 spiro atoms. The fourth-order valence-electron chi connectivity index (χ4n) is 1.29. The average Bonchev–Trinajstić information content (AvgIpc) is 2.22. The lowest BCUT2D eigenvalue weighted by Crippen LogP contribution is -2.46. The lowest BCUT2D eigenvalue weighted by Gasteiger charge is -2.16. The predicted octanol–water partition coefficient (Wildman–Crippen LogP) is 0.167. The highest BCUT2D eigenvalue weighted by Crippen LogP contribution is 2.11. The number of carbonyl (C=O) groups is 1. The molecule has 88 valence electrons. The van der Waals surface area contributed by atoms with E-state index in [0.29, 0.717) is 0 Å². The third-order valence-corrected chi connectivity index (χ3v) is 2.11. The van der Waals surface area contributed by atoms with Crippen molar-refractivity contribution in [3.8, 4) is 0 Å². The van der Waals surface area contributed by atoms with Crippen molar-refractivity contribution < 1.29 is 13.6 Å². The Bertz CT molecular complexity index is 396. The molecule has 4 N–H and O–H groups in total. The molecule has 1 amide bonds. The first kappa shape index (κ1) is 12.5. The van der Waals surface area contributed by atoms with Gasteiger partial charge in [0, 0.05) is 7.05 Å². The van der Waals surface area contributed by atoms with Gasteiger partial charge in [0.2, 0.25) is 0 Å². The quantitative estimate of drug-likeness (QED) is 0.441. The van der Waals surface area contributed by atoms with Crippen LogP contribution in [0.1, 0.15) is 5.56 Å². The van der Waals surface area contributed by atoms with Gasteiger partial charge in [0.15, 0.2) is 0 Å². The number of nitrogens with two attached hydrogens (primary N) is 2. The fraction of sp³-hybridized carbons (Fsp3) is 0.300. The van der Waals surface area contributed by atoms with E-state index in [2.05, 4.69) is 0 Å². The second-order valence-electron chi connectivity index (χ2n) is 3.50. The van der Waals surface area contributed by atoms with Gasteiger partial charge in [-0.25, -0.2) is 14.6 Å². The molecule has 0 aromatic heterocycles. The van der Waals surface area contributed by atoms with Crippen LogP contribution in [0.25, 0.3) is 0 Å². The molecule has 0 aliphatic rings. The number of halogens is 2. The second kappa shape index (κ2) is 5.00. The molecule has 1 atom stereocenters. The highest BCUT2D eigenvalue weighted by molar-refractivity contribution is 5.81. The van der Waals surface area contributed by atoms with E-state index < -0.39 is 23.6 Å². The average molecular weight is 229 g/mol. The van der Waals surface area contributed by atoms with Crippen molar-refractivity contribution in [1.82, 2.24) is 5.01 Å². The summed E-state index contributed by atoms with van der Waals surface area (Å²) in [5.74, 6) is 3.49. The van der Waals surface area contributed by atoms with Gasteiger partial charge in [-0.05, 0) is 30.2 Å². The van der Waals surface area contributed by atoms with E-state index in [1.54, 1.807) is 0 Å². The number of hydrazine groups is 1. The summed E-state index contributed by atoms with van der Waals surface area (Å²) >= 11 is 0. The summed E-state index contributed by atoms with van der Waals surface area (Å²) in [6, 6.07) is 2.03. The zero-order chi connectivity index (χ0) is 12.3. The molecular formula is C10H13F2N3O. The minimum Gasteiger partial charge on any atom is -0.320 e. The van der Waals surface area contributed by atoms with E-state index in [1.807, 2.05) is 0 Å². The second-order valence-corrected chi connectivity index (χ2v) is 3.50. The Labute approximate surface area is 91.8 Å². The molecule has 1 aromatic rings. The maximum Gasteiger partial charge on any atom is 0.253 e. The number of hydrogen-bond acceptors (Lipinski definition) is 3. The van der Waals surface area contributed by atoms with Crippen molar-refractivity contribution in [3.63, 3.8) is 0 Å². The molecule has 0 aliphatic heterocycles. The van der Waals surface area contributed by atoms with Gasteiger partial charge in [-0.15, -0.1) is 0 Å². The van der Waals surface area contributed by atoms with Gasteiger partial charge in [-0.3, -0.25) is 9.80 Å². The SMILES string of the molecule is CN(N)C(=O)C(N)Cc1cc(F)ccc1F. The highest BCUT2D eigenvalue weighted by atomic mass is 19.1. The van der Waals surface area contributed by atoms with Gasteiger partial charge < -0.3 is 5.73 Å². The lowest BCUT2D eigenvalue weighted by molar-refractivity contribution is -0.131. The molecule has 1 rings (SSSR count). The molecule has 0 saturated carbocycles. The number of hydrogen-bond donors (Lipinski definition) is 2. The van der Waals surface area contributed by atoms with E-state index in [1.165, 1.54) is 7.05 Å². The normalized spacial score (nSPS) is 12.3. The molecule has 1 unspecified atom stereocenters. The standard InChI is InChI=1S/C10H13F2N3O/c1-15(14)10(16)9(13)5-6-4-7(11)2-3-8(6)12/h2-4,9H,5,13-14H2,1H3. The summed E-state index contributed by atoms with van der Waals surface area (Å²) in [7, 11) is 1.34. The molecule has 16 heavy (non-hydrogen) atoms. The van der Waals surface area contributed by atoms with E-state index in [9.17, 15) is 13.6 Å². The van der Waals surface area contributed by atoms with Crippen molar-refractivity contribution in [1.29, 1.82) is 0 Å². The Morgan fingerprint density at radius 1 is 1.50 bits per heavy atom. The minimum atomic E-state index is -0.980. The Hall–Kier alpha value is -1.53. The number of benzene rings is 1. The van der Waals surface area contributed by atoms with Crippen LogP contribution in [0.5, 0.6) is 0 Å². The molecule has 0 heterocycles. The van der Waals surface area contributed by atoms with Crippen LogP contribution in [0.3, 0.4) is 0 Å². The highest BCUT2D eigenvalue weighted by Gasteiger charge is 2.18. The van der Waals surface area contributed by atoms with Crippen LogP contribution in [-0.4, -0.2) is 24.0 Å². The number of carbonyl (C=O) groups excluding carboxylic acids is 1. The van der Waals surface area contributed by atoms with Crippen LogP contribution in [0.15, 0.2) is 18.2 Å². The first-order valence-electron chi connectivity index (χ1n) is 4.63. The summed E-state index contributed by atoms with van der Waals surface area (Å²) in [5, 5.41) is 0.821. The van der Waals surface area contributed by atoms with Crippen molar-refractivity contribution in [2.75, 3.05) is 7.05 Å². The van der Waals surface area contributed by atoms with Crippen LogP contribution in [0.2, 0.25) is 0 Å². The largest absolute Gasteiger partial charge is 0.320 e. The lowest BCUT2D eigenvalue weighted by atomic mass is 10.1. The van der Waals surface area contributed by atoms with Crippen LogP contribution in [0.4, 0.5) is 8.78 Å². The molecule has 4 nitrogen and oxygen atoms in total. The first-order chi connectivity index (χ1) is 7.41. The van der Waals surface area contributed by atoms with E-state index >= 15 is 0 Å². The predicted molar refractivity (Wildman–Crippen MR) is 55.0 cm³/mol. The molecular weight excluding hydrogens is 216 g/mol. The smallest absolute Gasteiger partial charge is 0.253 e. The molecule has 0 saturated heterocycles. The summed E-state index contributed by atoms with van der Waals surface area (Å²) in [5.41, 5.74) is 5.57. The monoisotopic (exact) mass is 229 g/mol. The Morgan fingerprint density at radius 2 is 2.12 bits per heavy atom. The minimum absolute atomic E-state index is 0.0581. The summed E-state index contributed by atoms with van der Waals surface area (Å²) in [6.45, 7) is 0. The van der Waals surface area contributed by atoms with E-state index in [4.69, 9.17) is 11.6 Å². The van der Waals surface area contributed by atoms with Gasteiger partial charge in [0.25, 0.3) is 5.91 Å². The van der Waals surface area contributed by atoms with Gasteiger partial charge in [-0.2, -0.15) is 0 Å². The van der Waals surface area contributed by atoms with Crippen molar-refractivity contribution >= 4 is 5.91 Å². The van der Waals surface area contributed by atoms with Crippen LogP contribution < -0.4 is 11.6 Å². The topological polar surface area (TPSA) is 72.3 Å². The van der Waals surface area contributed by atoms with Crippen molar-refractivity contribution in [2.24, 2.45) is 11.6 Å². The molecule has 0 aliphatic carbocycles. The van der Waals surface area contributed by atoms with Crippen LogP contribution in [-0.2, 0) is 11.2 Å². The molecule has 0 radical (unpaired) electrons. The summed E-state index contributed by atoms with van der Waals surface area (Å²) in [6.07, 6.45) is -0.0933. The number of nitrogens with zero attached hydrogens (tertiary/aromatic N) is 1. The third kappa shape index (κ3) is 2.98. The maximum atomic E-state index is 13.2. The Balaban J connectivity index is 2.80. The third-order valence-electron chi connectivity index (χ3n) is 2.11. The van der Waals surface area contributed by atoms with Gasteiger partial charge in [0.1, 0.15) is 11.6 Å². The van der Waals surface area contributed by atoms with Gasteiger partial charge in [0.05, 0.1) is 6.04 Å². The number of likely N-dealkylation sites (N-methyl/N-ethyl adjacent to an activating group) is 1. The van der Waals surface area contributed by atoms with Crippen molar-refractivity contribution in [2.45, 2.75) is 12.5 Å². The maximum absolute atomic E-state index is 13.2. The fourth-order valence-corrected chi connectivity index (χ4v) is 1.29. The molecule has 1 aromatic carbocycles. The number of rotatable bonds is 3. The van der Waals surface area contributed by atoms with E-state index in [0.717, 1.165) is 23.2 Å². The summed E-state index contributed by atoms with van der Waals surface area (Å²) < 4.78 is 26.0. The van der Waals surface area contributed by atoms with E-state index in [-0.39, 0.29) is 12.0 Å². The first-order valence-corrected chi connectivity index (χ1v) is 4.63. The zero-order valence-corrected chi connectivity index (χ0v) is 8.78. The number of amides is 1. The molecule has 6 heteroatoms. The van der Waals surface area contributed by atoms with Crippen LogP contribution >= 0.6 is 0 Å².